The van der Waals surface area contributed by atoms with Gasteiger partial charge in [-0.1, -0.05) is 182 Å². The second-order valence-electron chi connectivity index (χ2n) is 14.2. The summed E-state index contributed by atoms with van der Waals surface area (Å²) < 4.78 is 66.4. The van der Waals surface area contributed by atoms with E-state index in [1.807, 2.05) is 64.2 Å². The molecule has 0 N–H and O–H groups in total. The fourth-order valence-corrected chi connectivity index (χ4v) is 18.7. The van der Waals surface area contributed by atoms with Crippen LogP contribution in [0.25, 0.3) is 5.59 Å². The fourth-order valence-electron chi connectivity index (χ4n) is 6.57. The first-order valence-corrected chi connectivity index (χ1v) is 29.7. The Bertz CT molecular complexity index is 1850. The molecule has 18 heteroatoms. The molecular formula is C53H53F6Mn2N2O3P5. The predicted octanol–water partition coefficient (Wildman–Crippen LogP) is 14.2. The van der Waals surface area contributed by atoms with Crippen LogP contribution in [0.15, 0.2) is 182 Å². The molecule has 2 saturated carbocycles. The Kier molecular flexibility index (Phi) is 36.1. The number of rotatable bonds is 15. The van der Waals surface area contributed by atoms with Crippen LogP contribution < -0.4 is 31.8 Å². The molecular weight excluding hydrogens is 1090 g/mol. The second-order valence-corrected chi connectivity index (χ2v) is 25.8. The summed E-state index contributed by atoms with van der Waals surface area (Å²) in [4.78, 5) is 15.0. The first-order valence-electron chi connectivity index (χ1n) is 21.2. The van der Waals surface area contributed by atoms with E-state index in [0.29, 0.717) is 0 Å². The number of carbonyl (C=O) groups excluding carboxylic acids is 1. The van der Waals surface area contributed by atoms with E-state index in [2.05, 4.69) is 189 Å². The summed E-state index contributed by atoms with van der Waals surface area (Å²) in [6.07, 6.45) is 27.8. The topological polar surface area (TPSA) is 100 Å². The number of hydrogen-bond acceptors (Lipinski definition) is 3. The minimum Gasteiger partial charge on any atom is -0.577 e. The van der Waals surface area contributed by atoms with Gasteiger partial charge in [-0.2, -0.15) is 0 Å². The van der Waals surface area contributed by atoms with Crippen molar-refractivity contribution in [2.24, 2.45) is 0 Å². The van der Waals surface area contributed by atoms with Crippen LogP contribution in [0.1, 0.15) is 0 Å². The van der Waals surface area contributed by atoms with Crippen molar-refractivity contribution in [2.45, 2.75) is 0 Å². The van der Waals surface area contributed by atoms with Crippen LogP contribution in [0.2, 0.25) is 0 Å². The zero-order chi connectivity index (χ0) is 50.7. The zero-order valence-electron chi connectivity index (χ0n) is 38.3. The molecule has 71 heavy (non-hydrogen) atoms. The third-order valence-electron chi connectivity index (χ3n) is 9.44. The number of nitroso groups, excluding NO2 is 1. The summed E-state index contributed by atoms with van der Waals surface area (Å²) in [5, 5.41) is 9.03. The molecule has 6 aromatic carbocycles. The van der Waals surface area contributed by atoms with Gasteiger partial charge in [-0.15, -0.1) is 7.92 Å². The largest absolute Gasteiger partial charge is 2.00 e. The molecule has 5 nitrogen and oxygen atoms in total. The van der Waals surface area contributed by atoms with Crippen LogP contribution in [0.4, 0.5) is 25.2 Å². The summed E-state index contributed by atoms with van der Waals surface area (Å²) in [6.45, 7) is 3.25. The van der Waals surface area contributed by atoms with Crippen LogP contribution in [0, 0.1) is 74.6 Å². The van der Waals surface area contributed by atoms with Gasteiger partial charge in [0.2, 0.25) is 0 Å². The maximum atomic E-state index is 9.87. The van der Waals surface area contributed by atoms with Gasteiger partial charge >= 0.3 is 60.3 Å². The molecule has 6 aromatic rings. The molecule has 0 aliphatic heterocycles. The van der Waals surface area contributed by atoms with E-state index < -0.39 is 7.81 Å². The minimum atomic E-state index is -10.7. The maximum absolute atomic E-state index is 10.7. The van der Waals surface area contributed by atoms with Gasteiger partial charge in [0.05, 0.1) is 0 Å². The van der Waals surface area contributed by atoms with Gasteiger partial charge in [0.25, 0.3) is 0 Å². The molecule has 0 bridgehead atoms. The van der Waals surface area contributed by atoms with Crippen molar-refractivity contribution in [3.8, 4) is 0 Å². The summed E-state index contributed by atoms with van der Waals surface area (Å²) in [5.74, 6) is 0. The first kappa shape index (κ1) is 68.0. The Balaban J connectivity index is 0.00000163. The number of nitrogens with zero attached hydrogens (tertiary/aromatic N) is 2. The molecule has 2 fully saturated rings. The molecule has 0 heterocycles. The molecule has 8 rings (SSSR count). The van der Waals surface area contributed by atoms with E-state index in [9.17, 15) is 25.2 Å². The van der Waals surface area contributed by atoms with Crippen molar-refractivity contribution < 1.29 is 68.9 Å². The van der Waals surface area contributed by atoms with Crippen LogP contribution >= 0.6 is 39.5 Å². The Morgan fingerprint density at radius 2 is 0.479 bits per heavy atom. The Labute approximate surface area is 443 Å². The van der Waals surface area contributed by atoms with E-state index in [4.69, 9.17) is 25.5 Å². The normalized spacial score (nSPS) is 13.2. The van der Waals surface area contributed by atoms with Gasteiger partial charge in [0.15, 0.2) is 0 Å². The van der Waals surface area contributed by atoms with Crippen LogP contribution in [-0.4, -0.2) is 43.8 Å². The molecule has 0 atom stereocenters. The predicted molar refractivity (Wildman–Crippen MR) is 286 cm³/mol. The van der Waals surface area contributed by atoms with E-state index in [1.165, 1.54) is 68.8 Å². The van der Waals surface area contributed by atoms with Crippen molar-refractivity contribution in [1.29, 1.82) is 5.46 Å². The Morgan fingerprint density at radius 1 is 0.352 bits per heavy atom. The smallest absolute Gasteiger partial charge is 0.577 e. The van der Waals surface area contributed by atoms with Crippen LogP contribution in [0.5, 0.6) is 0 Å². The van der Waals surface area contributed by atoms with E-state index in [1.54, 1.807) is 0 Å². The molecule has 374 valence electrons. The Hall–Kier alpha value is -2.97. The average Bonchev–Trinajstić information content (AvgIpc) is 4.19. The second kappa shape index (κ2) is 37.7. The number of halogens is 6. The SMILES string of the molecule is F[P-](F)(F)(F)(F)F.N#[O+].[CH-]=O.[CH]1[CH][CH][CH][CH]1.[CH]1[CH][CH][CH][CH]1.[Mn+2].[Mn].[N-]=O.c1ccc(P(CCP(CCP(c2ccccc2)c2ccccc2)CCP(c2ccccc2)c2ccccc2)c2ccccc2)cc1. The maximum Gasteiger partial charge on any atom is 2.00 e. The number of hydrogen-bond donors (Lipinski definition) is 0. The van der Waals surface area contributed by atoms with Gasteiger partial charge in [-0.3, -0.25) is 6.79 Å². The standard InChI is InChI=1S/C42H42P4.2C5H5.CHO.F6P.2Mn.2NO/c1-7-19-37(20-8-1)44(38-21-9-2-10-22-38)34-31-43(32-35-45(39-23-11-3-12-24-39)40-25-13-4-14-26-40)33-36-46(41-27-15-5-16-28-41)42-29-17-6-18-30-42;2*1-2-4-5-3-1;1-2;1-7(2,3,4,5)6;;;2*1-2/h1-30H,31-36H2;2*1-5H;1H;;;;;/q;;;2*-1;;+2;-1;+1. The molecule has 2 aliphatic rings. The molecule has 12 radical (unpaired) electrons. The summed E-state index contributed by atoms with van der Waals surface area (Å²) in [7, 11) is -12.0. The molecule has 2 aliphatic carbocycles. The number of benzene rings is 6. The average molecular weight is 1140 g/mol. The van der Waals surface area contributed by atoms with E-state index in [0.717, 1.165) is 0 Å². The van der Waals surface area contributed by atoms with Gasteiger partial charge in [-0.05, 0) is 157 Å². The van der Waals surface area contributed by atoms with Crippen molar-refractivity contribution in [3.63, 3.8) is 0 Å². The van der Waals surface area contributed by atoms with Gasteiger partial charge in [0, 0.05) is 17.1 Å². The van der Waals surface area contributed by atoms with E-state index in [-0.39, 0.29) is 65.8 Å². The molecule has 0 saturated heterocycles. The molecule has 0 aromatic heterocycles. The van der Waals surface area contributed by atoms with Gasteiger partial charge in [-0.25, -0.2) is 0 Å². The van der Waals surface area contributed by atoms with Gasteiger partial charge < -0.3 is 15.3 Å². The third kappa shape index (κ3) is 32.1. The van der Waals surface area contributed by atoms with E-state index >= 15 is 0 Å². The first-order chi connectivity index (χ1) is 33.3. The zero-order valence-corrected chi connectivity index (χ0v) is 45.1. The quantitative estimate of drug-likeness (QED) is 0.0256. The molecule has 0 amide bonds. The monoisotopic (exact) mass is 1140 g/mol. The fraction of sp³-hybridized carbons (Fsp3) is 0.113. The molecule has 0 spiro atoms. The van der Waals surface area contributed by atoms with Crippen LogP contribution in [-0.2, 0) is 43.7 Å². The van der Waals surface area contributed by atoms with Crippen molar-refractivity contribution in [2.75, 3.05) is 37.0 Å². The van der Waals surface area contributed by atoms with Crippen molar-refractivity contribution in [3.05, 3.63) is 257 Å². The van der Waals surface area contributed by atoms with Crippen molar-refractivity contribution in [1.82, 2.24) is 0 Å². The minimum absolute atomic E-state index is 0. The molecule has 0 unspecified atom stereocenters. The summed E-state index contributed by atoms with van der Waals surface area (Å²) >= 11 is 0. The van der Waals surface area contributed by atoms with Crippen LogP contribution in [0.3, 0.4) is 0 Å². The van der Waals surface area contributed by atoms with Crippen molar-refractivity contribution >= 4 is 78.1 Å². The summed E-state index contributed by atoms with van der Waals surface area (Å²) in [6, 6.07) is 67.8. The Morgan fingerprint density at radius 3 is 0.606 bits per heavy atom. The van der Waals surface area contributed by atoms with Gasteiger partial charge in [0.1, 0.15) is 0 Å². The third-order valence-corrected chi connectivity index (χ3v) is 20.6. The summed E-state index contributed by atoms with van der Waals surface area (Å²) in [5.41, 5.74) is 11.5.